The maximum Gasteiger partial charge on any atom is 0.312 e. The number of phenols is 1. The number of hydrogen-bond donors (Lipinski definition) is 2. The minimum absolute atomic E-state index is 0.326. The first-order valence-electron chi connectivity index (χ1n) is 3.40. The minimum atomic E-state index is -0.702. The third-order valence-electron chi connectivity index (χ3n) is 1.47. The Balaban J connectivity index is 3.35. The van der Waals surface area contributed by atoms with Crippen LogP contribution in [0, 0.1) is 13.7 Å². The van der Waals surface area contributed by atoms with Crippen LogP contribution >= 0.6 is 22.6 Å². The number of nitro groups is 1. The monoisotopic (exact) mass is 308 g/mol. The van der Waals surface area contributed by atoms with E-state index in [1.54, 1.807) is 22.6 Å². The molecule has 0 unspecified atom stereocenters. The molecule has 0 heterocycles. The number of oxime groups is 1. The molecule has 0 fully saturated rings. The SMILES string of the molecule is O=[N+]([O-])c1cc(C=NO)cc(I)c1O. The molecule has 0 aromatic heterocycles. The molecule has 0 saturated heterocycles. The minimum Gasteiger partial charge on any atom is -0.501 e. The molecule has 14 heavy (non-hydrogen) atoms. The van der Waals surface area contributed by atoms with Gasteiger partial charge in [-0.05, 0) is 28.7 Å². The smallest absolute Gasteiger partial charge is 0.312 e. The van der Waals surface area contributed by atoms with Gasteiger partial charge < -0.3 is 10.3 Å². The Bertz CT molecular complexity index is 405. The highest BCUT2D eigenvalue weighted by molar-refractivity contribution is 14.1. The number of nitro benzene ring substituents is 1. The fraction of sp³-hybridized carbons (Fsp3) is 0. The van der Waals surface area contributed by atoms with E-state index in [9.17, 15) is 15.2 Å². The Morgan fingerprint density at radius 1 is 1.57 bits per heavy atom. The van der Waals surface area contributed by atoms with Gasteiger partial charge in [0.15, 0.2) is 0 Å². The highest BCUT2D eigenvalue weighted by Crippen LogP contribution is 2.31. The van der Waals surface area contributed by atoms with E-state index in [0.717, 1.165) is 12.3 Å². The highest BCUT2D eigenvalue weighted by atomic mass is 127. The summed E-state index contributed by atoms with van der Waals surface area (Å²) < 4.78 is 0.326. The van der Waals surface area contributed by atoms with Gasteiger partial charge in [0.05, 0.1) is 14.7 Å². The lowest BCUT2D eigenvalue weighted by Gasteiger charge is -1.99. The van der Waals surface area contributed by atoms with Crippen molar-refractivity contribution in [2.24, 2.45) is 5.16 Å². The van der Waals surface area contributed by atoms with Crippen molar-refractivity contribution in [2.45, 2.75) is 0 Å². The zero-order valence-corrected chi connectivity index (χ0v) is 8.87. The lowest BCUT2D eigenvalue weighted by atomic mass is 10.2. The summed E-state index contributed by atoms with van der Waals surface area (Å²) in [5, 5.41) is 30.8. The van der Waals surface area contributed by atoms with E-state index in [0.29, 0.717) is 9.13 Å². The fourth-order valence-corrected chi connectivity index (χ4v) is 1.52. The van der Waals surface area contributed by atoms with Gasteiger partial charge in [0.2, 0.25) is 5.75 Å². The predicted molar refractivity (Wildman–Crippen MR) is 56.9 cm³/mol. The molecule has 0 radical (unpaired) electrons. The molecule has 0 bridgehead atoms. The first-order chi connectivity index (χ1) is 6.56. The first-order valence-corrected chi connectivity index (χ1v) is 4.48. The van der Waals surface area contributed by atoms with Gasteiger partial charge >= 0.3 is 5.69 Å². The zero-order chi connectivity index (χ0) is 10.7. The molecule has 0 saturated carbocycles. The molecular formula is C7H5IN2O4. The van der Waals surface area contributed by atoms with Crippen molar-refractivity contribution < 1.29 is 15.2 Å². The van der Waals surface area contributed by atoms with Gasteiger partial charge in [0.25, 0.3) is 0 Å². The summed E-state index contributed by atoms with van der Waals surface area (Å²) >= 11 is 1.75. The number of nitrogens with zero attached hydrogens (tertiary/aromatic N) is 2. The van der Waals surface area contributed by atoms with Crippen molar-refractivity contribution in [1.29, 1.82) is 0 Å². The molecule has 0 spiro atoms. The average Bonchev–Trinajstić information content (AvgIpc) is 2.11. The van der Waals surface area contributed by atoms with Crippen LogP contribution in [-0.4, -0.2) is 21.5 Å². The van der Waals surface area contributed by atoms with E-state index in [4.69, 9.17) is 5.21 Å². The zero-order valence-electron chi connectivity index (χ0n) is 6.72. The van der Waals surface area contributed by atoms with E-state index < -0.39 is 10.6 Å². The van der Waals surface area contributed by atoms with E-state index in [2.05, 4.69) is 5.16 Å². The van der Waals surface area contributed by atoms with Gasteiger partial charge in [0, 0.05) is 11.6 Å². The van der Waals surface area contributed by atoms with Gasteiger partial charge in [-0.25, -0.2) is 0 Å². The maximum absolute atomic E-state index is 10.5. The Kier molecular flexibility index (Phi) is 3.23. The molecule has 0 amide bonds. The van der Waals surface area contributed by atoms with Crippen LogP contribution in [0.4, 0.5) is 5.69 Å². The third kappa shape index (κ3) is 2.10. The largest absolute Gasteiger partial charge is 0.501 e. The maximum atomic E-state index is 10.5. The number of benzene rings is 1. The van der Waals surface area contributed by atoms with E-state index in [1.807, 2.05) is 0 Å². The number of rotatable bonds is 2. The first kappa shape index (κ1) is 10.7. The Morgan fingerprint density at radius 2 is 2.21 bits per heavy atom. The second-order valence-corrected chi connectivity index (χ2v) is 3.53. The van der Waals surface area contributed by atoms with E-state index in [1.165, 1.54) is 6.07 Å². The molecule has 1 aromatic rings. The molecule has 7 heteroatoms. The average molecular weight is 308 g/mol. The lowest BCUT2D eigenvalue weighted by molar-refractivity contribution is -0.386. The van der Waals surface area contributed by atoms with Crippen molar-refractivity contribution in [3.05, 3.63) is 31.4 Å². The molecule has 0 atom stereocenters. The van der Waals surface area contributed by atoms with Crippen molar-refractivity contribution >= 4 is 34.5 Å². The number of hydrogen-bond acceptors (Lipinski definition) is 5. The van der Waals surface area contributed by atoms with Gasteiger partial charge in [0.1, 0.15) is 0 Å². The molecule has 74 valence electrons. The highest BCUT2D eigenvalue weighted by Gasteiger charge is 2.16. The van der Waals surface area contributed by atoms with Gasteiger partial charge in [-0.3, -0.25) is 10.1 Å². The van der Waals surface area contributed by atoms with Crippen LogP contribution in [0.2, 0.25) is 0 Å². The summed E-state index contributed by atoms with van der Waals surface area (Å²) in [7, 11) is 0. The van der Waals surface area contributed by atoms with Crippen LogP contribution in [0.1, 0.15) is 5.56 Å². The van der Waals surface area contributed by atoms with Crippen LogP contribution in [-0.2, 0) is 0 Å². The summed E-state index contributed by atoms with van der Waals surface area (Å²) in [6.45, 7) is 0. The summed E-state index contributed by atoms with van der Waals surface area (Å²) in [4.78, 5) is 9.76. The van der Waals surface area contributed by atoms with Gasteiger partial charge in [-0.2, -0.15) is 0 Å². The normalized spacial score (nSPS) is 10.6. The van der Waals surface area contributed by atoms with E-state index in [-0.39, 0.29) is 5.75 Å². The van der Waals surface area contributed by atoms with Crippen LogP contribution in [0.25, 0.3) is 0 Å². The van der Waals surface area contributed by atoms with Crippen LogP contribution < -0.4 is 0 Å². The second kappa shape index (κ2) is 4.22. The van der Waals surface area contributed by atoms with Crippen LogP contribution in [0.15, 0.2) is 17.3 Å². The fourth-order valence-electron chi connectivity index (χ4n) is 0.885. The Hall–Kier alpha value is -1.38. The number of halogens is 1. The molecule has 2 N–H and O–H groups in total. The summed E-state index contributed by atoms with van der Waals surface area (Å²) in [5.41, 5.74) is -0.0619. The van der Waals surface area contributed by atoms with Crippen molar-refractivity contribution in [2.75, 3.05) is 0 Å². The molecule has 1 rings (SSSR count). The Morgan fingerprint density at radius 3 is 2.71 bits per heavy atom. The summed E-state index contributed by atoms with van der Waals surface area (Å²) in [5.74, 6) is -0.384. The predicted octanol–water partition coefficient (Wildman–Crippen LogP) is 1.71. The Labute approximate surface area is 92.1 Å². The van der Waals surface area contributed by atoms with Gasteiger partial charge in [-0.15, -0.1) is 0 Å². The second-order valence-electron chi connectivity index (χ2n) is 2.37. The van der Waals surface area contributed by atoms with Crippen LogP contribution in [0.5, 0.6) is 5.75 Å². The van der Waals surface area contributed by atoms with Crippen molar-refractivity contribution in [3.63, 3.8) is 0 Å². The van der Waals surface area contributed by atoms with E-state index >= 15 is 0 Å². The third-order valence-corrected chi connectivity index (χ3v) is 2.29. The standard InChI is InChI=1S/C7H5IN2O4/c8-5-1-4(3-9-12)2-6(7(5)11)10(13)14/h1-3,11-12H. The molecular weight excluding hydrogens is 303 g/mol. The molecule has 0 aliphatic rings. The lowest BCUT2D eigenvalue weighted by Crippen LogP contribution is -1.93. The topological polar surface area (TPSA) is 96.0 Å². The molecule has 0 aliphatic carbocycles. The summed E-state index contributed by atoms with van der Waals surface area (Å²) in [6, 6.07) is 2.58. The quantitative estimate of drug-likeness (QED) is 0.286. The molecule has 0 aliphatic heterocycles. The number of phenolic OH excluding ortho intramolecular Hbond substituents is 1. The van der Waals surface area contributed by atoms with Crippen LogP contribution in [0.3, 0.4) is 0 Å². The van der Waals surface area contributed by atoms with Crippen molar-refractivity contribution in [3.8, 4) is 5.75 Å². The van der Waals surface area contributed by atoms with Gasteiger partial charge in [-0.1, -0.05) is 5.16 Å². The summed E-state index contributed by atoms with van der Waals surface area (Å²) in [6.07, 6.45) is 1.05. The molecule has 1 aromatic carbocycles. The molecule has 6 nitrogen and oxygen atoms in total. The van der Waals surface area contributed by atoms with Crippen molar-refractivity contribution in [1.82, 2.24) is 0 Å². The number of aromatic hydroxyl groups is 1.